The van der Waals surface area contributed by atoms with Crippen molar-refractivity contribution in [2.45, 2.75) is 23.5 Å². The van der Waals surface area contributed by atoms with Crippen molar-refractivity contribution in [1.29, 1.82) is 0 Å². The lowest BCUT2D eigenvalue weighted by atomic mass is 10.1. The maximum absolute atomic E-state index is 12.9. The number of benzene rings is 3. The first kappa shape index (κ1) is 19.5. The fourth-order valence-electron chi connectivity index (χ4n) is 2.56. The average Bonchev–Trinajstić information content (AvgIpc) is 2.68. The highest BCUT2D eigenvalue weighted by atomic mass is 35.5. The summed E-state index contributed by atoms with van der Waals surface area (Å²) in [5.41, 5.74) is 2.92. The van der Waals surface area contributed by atoms with Gasteiger partial charge < -0.3 is 5.32 Å². The van der Waals surface area contributed by atoms with Gasteiger partial charge >= 0.3 is 0 Å². The van der Waals surface area contributed by atoms with Crippen LogP contribution in [0, 0.1) is 5.82 Å². The van der Waals surface area contributed by atoms with Crippen LogP contribution in [0.5, 0.6) is 0 Å². The van der Waals surface area contributed by atoms with Crippen LogP contribution in [0.15, 0.2) is 77.7 Å². The van der Waals surface area contributed by atoms with E-state index in [4.69, 9.17) is 11.6 Å². The molecule has 0 aliphatic rings. The summed E-state index contributed by atoms with van der Waals surface area (Å²) >= 11 is 7.58. The molecule has 3 aromatic carbocycles. The van der Waals surface area contributed by atoms with Crippen LogP contribution in [0.1, 0.15) is 17.5 Å². The number of carbonyl (C=O) groups is 1. The summed E-state index contributed by atoms with van der Waals surface area (Å²) in [4.78, 5) is 13.3. The number of para-hydroxylation sites is 1. The number of amides is 1. The number of halogens is 2. The Balaban J connectivity index is 1.57. The molecule has 27 heavy (non-hydrogen) atoms. The van der Waals surface area contributed by atoms with Gasteiger partial charge in [0.25, 0.3) is 0 Å². The van der Waals surface area contributed by atoms with E-state index in [0.29, 0.717) is 12.8 Å². The van der Waals surface area contributed by atoms with Gasteiger partial charge in [-0.05, 0) is 53.9 Å². The van der Waals surface area contributed by atoms with Crippen molar-refractivity contribution >= 4 is 35.0 Å². The molecule has 5 heteroatoms. The first-order valence-electron chi connectivity index (χ1n) is 8.61. The summed E-state index contributed by atoms with van der Waals surface area (Å²) in [6.45, 7) is 0. The minimum atomic E-state index is -0.269. The number of rotatable bonds is 7. The number of hydrogen-bond donors (Lipinski definition) is 1. The van der Waals surface area contributed by atoms with Gasteiger partial charge in [0.15, 0.2) is 0 Å². The molecule has 0 aromatic heterocycles. The van der Waals surface area contributed by atoms with Crippen LogP contribution in [0.4, 0.5) is 10.1 Å². The van der Waals surface area contributed by atoms with E-state index in [9.17, 15) is 9.18 Å². The average molecular weight is 400 g/mol. The Bertz CT molecular complexity index is 897. The Kier molecular flexibility index (Phi) is 6.91. The molecule has 0 spiro atoms. The molecule has 1 N–H and O–H groups in total. The Morgan fingerprint density at radius 2 is 1.59 bits per heavy atom. The summed E-state index contributed by atoms with van der Waals surface area (Å²) in [5.74, 6) is 0.466. The molecule has 0 aliphatic carbocycles. The minimum Gasteiger partial charge on any atom is -0.325 e. The highest BCUT2D eigenvalue weighted by molar-refractivity contribution is 7.98. The molecule has 0 fully saturated rings. The Hall–Kier alpha value is -2.30. The smallest absolute Gasteiger partial charge is 0.224 e. The van der Waals surface area contributed by atoms with Crippen LogP contribution in [0.3, 0.4) is 0 Å². The number of aryl methyl sites for hydroxylation is 1. The molecule has 0 bridgehead atoms. The molecule has 0 heterocycles. The maximum Gasteiger partial charge on any atom is 0.224 e. The van der Waals surface area contributed by atoms with E-state index >= 15 is 0 Å². The number of anilines is 1. The van der Waals surface area contributed by atoms with Crippen LogP contribution < -0.4 is 5.32 Å². The van der Waals surface area contributed by atoms with Crippen molar-refractivity contribution in [2.24, 2.45) is 0 Å². The predicted octanol–water partition coefficient (Wildman–Crippen LogP) is 6.34. The topological polar surface area (TPSA) is 29.1 Å². The van der Waals surface area contributed by atoms with Gasteiger partial charge in [-0.2, -0.15) is 0 Å². The van der Waals surface area contributed by atoms with Crippen LogP contribution in [0.2, 0.25) is 5.02 Å². The standard InChI is InChI=1S/C22H19ClFNOS/c23-18-10-5-17(6-11-18)15-27-21-4-2-1-3-20(21)25-22(26)14-9-16-7-12-19(24)13-8-16/h1-8,10-13H,9,14-15H2,(H,25,26). The molecule has 0 aliphatic heterocycles. The van der Waals surface area contributed by atoms with Gasteiger partial charge in [0.05, 0.1) is 5.69 Å². The van der Waals surface area contributed by atoms with Gasteiger partial charge in [-0.3, -0.25) is 4.79 Å². The second kappa shape index (κ2) is 9.58. The summed E-state index contributed by atoms with van der Waals surface area (Å²) in [7, 11) is 0. The number of thioether (sulfide) groups is 1. The second-order valence-electron chi connectivity index (χ2n) is 6.09. The second-order valence-corrected chi connectivity index (χ2v) is 7.54. The molecular formula is C22H19ClFNOS. The van der Waals surface area contributed by atoms with Gasteiger partial charge in [-0.15, -0.1) is 11.8 Å². The Morgan fingerprint density at radius 1 is 0.926 bits per heavy atom. The fraction of sp³-hybridized carbons (Fsp3) is 0.136. The highest BCUT2D eigenvalue weighted by Crippen LogP contribution is 2.30. The minimum absolute atomic E-state index is 0.0566. The third-order valence-corrected chi connectivity index (χ3v) is 5.42. The number of hydrogen-bond acceptors (Lipinski definition) is 2. The Morgan fingerprint density at radius 3 is 2.33 bits per heavy atom. The zero-order chi connectivity index (χ0) is 19.1. The summed E-state index contributed by atoms with van der Waals surface area (Å²) in [6, 6.07) is 21.7. The SMILES string of the molecule is O=C(CCc1ccc(F)cc1)Nc1ccccc1SCc1ccc(Cl)cc1. The molecule has 3 aromatic rings. The zero-order valence-electron chi connectivity index (χ0n) is 14.6. The molecule has 0 atom stereocenters. The third-order valence-electron chi connectivity index (χ3n) is 4.02. The lowest BCUT2D eigenvalue weighted by Gasteiger charge is -2.11. The fourth-order valence-corrected chi connectivity index (χ4v) is 3.65. The van der Waals surface area contributed by atoms with Crippen LogP contribution in [0.25, 0.3) is 0 Å². The highest BCUT2D eigenvalue weighted by Gasteiger charge is 2.08. The number of nitrogens with one attached hydrogen (secondary N) is 1. The molecule has 3 rings (SSSR count). The quantitative estimate of drug-likeness (QED) is 0.469. The van der Waals surface area contributed by atoms with Crippen molar-refractivity contribution < 1.29 is 9.18 Å². The lowest BCUT2D eigenvalue weighted by Crippen LogP contribution is -2.13. The van der Waals surface area contributed by atoms with Gasteiger partial charge in [-0.25, -0.2) is 4.39 Å². The van der Waals surface area contributed by atoms with E-state index < -0.39 is 0 Å². The largest absolute Gasteiger partial charge is 0.325 e. The van der Waals surface area contributed by atoms with Crippen molar-refractivity contribution in [3.8, 4) is 0 Å². The van der Waals surface area contributed by atoms with Gasteiger partial charge in [0.2, 0.25) is 5.91 Å². The molecule has 0 radical (unpaired) electrons. The Labute approximate surface area is 167 Å². The van der Waals surface area contributed by atoms with E-state index in [-0.39, 0.29) is 11.7 Å². The molecule has 138 valence electrons. The van der Waals surface area contributed by atoms with Gasteiger partial charge in [-0.1, -0.05) is 48.0 Å². The van der Waals surface area contributed by atoms with Crippen molar-refractivity contribution in [1.82, 2.24) is 0 Å². The van der Waals surface area contributed by atoms with E-state index in [1.54, 1.807) is 23.9 Å². The van der Waals surface area contributed by atoms with E-state index in [1.807, 2.05) is 48.5 Å². The molecular weight excluding hydrogens is 381 g/mol. The monoisotopic (exact) mass is 399 g/mol. The van der Waals surface area contributed by atoms with Gasteiger partial charge in [0, 0.05) is 22.1 Å². The lowest BCUT2D eigenvalue weighted by molar-refractivity contribution is -0.116. The normalized spacial score (nSPS) is 10.6. The molecule has 0 saturated carbocycles. The van der Waals surface area contributed by atoms with Crippen molar-refractivity contribution in [3.05, 3.63) is 94.8 Å². The predicted molar refractivity (Wildman–Crippen MR) is 111 cm³/mol. The van der Waals surface area contributed by atoms with Crippen molar-refractivity contribution in [2.75, 3.05) is 5.32 Å². The molecule has 0 saturated heterocycles. The van der Waals surface area contributed by atoms with E-state index in [1.165, 1.54) is 17.7 Å². The molecule has 0 unspecified atom stereocenters. The van der Waals surface area contributed by atoms with Crippen LogP contribution >= 0.6 is 23.4 Å². The summed E-state index contributed by atoms with van der Waals surface area (Å²) < 4.78 is 12.9. The summed E-state index contributed by atoms with van der Waals surface area (Å²) in [6.07, 6.45) is 0.925. The van der Waals surface area contributed by atoms with Crippen molar-refractivity contribution in [3.63, 3.8) is 0 Å². The first-order chi connectivity index (χ1) is 13.1. The summed E-state index contributed by atoms with van der Waals surface area (Å²) in [5, 5.41) is 3.70. The van der Waals surface area contributed by atoms with Crippen LogP contribution in [-0.4, -0.2) is 5.91 Å². The number of carbonyl (C=O) groups excluding carboxylic acids is 1. The maximum atomic E-state index is 12.9. The molecule has 1 amide bonds. The zero-order valence-corrected chi connectivity index (χ0v) is 16.2. The van der Waals surface area contributed by atoms with Crippen LogP contribution in [-0.2, 0) is 17.0 Å². The first-order valence-corrected chi connectivity index (χ1v) is 9.97. The van der Waals surface area contributed by atoms with E-state index in [0.717, 1.165) is 26.9 Å². The van der Waals surface area contributed by atoms with E-state index in [2.05, 4.69) is 5.32 Å². The molecule has 2 nitrogen and oxygen atoms in total. The van der Waals surface area contributed by atoms with Gasteiger partial charge in [0.1, 0.15) is 5.82 Å². The third kappa shape index (κ3) is 6.12.